The van der Waals surface area contributed by atoms with Crippen LogP contribution >= 0.6 is 0 Å². The topological polar surface area (TPSA) is 87.7 Å². The molecule has 17 heavy (non-hydrogen) atoms. The lowest BCUT2D eigenvalue weighted by Gasteiger charge is -2.27. The Labute approximate surface area is 102 Å². The summed E-state index contributed by atoms with van der Waals surface area (Å²) in [4.78, 5) is 11.3. The van der Waals surface area contributed by atoms with Crippen LogP contribution in [0.2, 0.25) is 0 Å². The average Bonchev–Trinajstić information content (AvgIpc) is 2.30. The van der Waals surface area contributed by atoms with E-state index in [1.54, 1.807) is 6.92 Å². The van der Waals surface area contributed by atoms with Gasteiger partial charge >= 0.3 is 5.97 Å². The number of hydrogen-bond acceptors (Lipinski definition) is 5. The molecule has 0 aliphatic carbocycles. The highest BCUT2D eigenvalue weighted by atomic mass is 32.2. The predicted octanol–water partition coefficient (Wildman–Crippen LogP) is -1.32. The molecule has 1 saturated heterocycles. The summed E-state index contributed by atoms with van der Waals surface area (Å²) in [7, 11) is -3.60. The van der Waals surface area contributed by atoms with Gasteiger partial charge in [-0.25, -0.2) is 0 Å². The van der Waals surface area contributed by atoms with Gasteiger partial charge in [0.15, 0.2) is 0 Å². The number of hydrogen-bond donors (Lipinski definition) is 2. The van der Waals surface area contributed by atoms with E-state index in [4.69, 9.17) is 4.74 Å². The third-order valence-corrected chi connectivity index (χ3v) is 4.08. The van der Waals surface area contributed by atoms with Crippen molar-refractivity contribution in [2.24, 2.45) is 0 Å². The summed E-state index contributed by atoms with van der Waals surface area (Å²) in [5.41, 5.74) is 0. The van der Waals surface area contributed by atoms with Crippen LogP contribution in [-0.4, -0.2) is 57.5 Å². The molecule has 0 spiro atoms. The zero-order chi connectivity index (χ0) is 12.9. The van der Waals surface area contributed by atoms with E-state index in [1.165, 1.54) is 11.2 Å². The van der Waals surface area contributed by atoms with Gasteiger partial charge in [0, 0.05) is 26.2 Å². The Morgan fingerprint density at radius 1 is 1.47 bits per heavy atom. The van der Waals surface area contributed by atoms with Crippen LogP contribution in [0, 0.1) is 0 Å². The van der Waals surface area contributed by atoms with Gasteiger partial charge in [-0.05, 0) is 13.8 Å². The molecule has 100 valence electrons. The van der Waals surface area contributed by atoms with Gasteiger partial charge in [0.25, 0.3) is 10.2 Å². The van der Waals surface area contributed by atoms with Gasteiger partial charge in [-0.3, -0.25) is 4.79 Å². The van der Waals surface area contributed by atoms with Crippen LogP contribution in [0.4, 0.5) is 0 Å². The molecule has 1 rings (SSSR count). The number of carbonyl (C=O) groups excluding carboxylic acids is 1. The highest BCUT2D eigenvalue weighted by Crippen LogP contribution is 2.02. The van der Waals surface area contributed by atoms with E-state index in [9.17, 15) is 13.2 Å². The van der Waals surface area contributed by atoms with E-state index in [2.05, 4.69) is 10.0 Å². The van der Waals surface area contributed by atoms with Crippen LogP contribution in [0.3, 0.4) is 0 Å². The van der Waals surface area contributed by atoms with Crippen LogP contribution in [0.1, 0.15) is 13.8 Å². The third kappa shape index (κ3) is 4.23. The fraction of sp³-hybridized carbons (Fsp3) is 0.889. The molecule has 1 heterocycles. The normalized spacial score (nSPS) is 19.9. The van der Waals surface area contributed by atoms with Gasteiger partial charge in [-0.15, -0.1) is 0 Å². The quantitative estimate of drug-likeness (QED) is 0.602. The molecular weight excluding hydrogens is 246 g/mol. The van der Waals surface area contributed by atoms with Gasteiger partial charge in [0.1, 0.15) is 6.04 Å². The lowest BCUT2D eigenvalue weighted by molar-refractivity contribution is -0.144. The maximum Gasteiger partial charge on any atom is 0.323 e. The van der Waals surface area contributed by atoms with Crippen LogP contribution in [0.5, 0.6) is 0 Å². The molecule has 0 saturated carbocycles. The van der Waals surface area contributed by atoms with Crippen molar-refractivity contribution in [2.45, 2.75) is 19.9 Å². The van der Waals surface area contributed by atoms with Crippen LogP contribution in [-0.2, 0) is 19.7 Å². The minimum absolute atomic E-state index is 0.235. The molecule has 0 bridgehead atoms. The summed E-state index contributed by atoms with van der Waals surface area (Å²) < 4.78 is 32.1. The van der Waals surface area contributed by atoms with Crippen LogP contribution < -0.4 is 10.0 Å². The number of nitrogens with zero attached hydrogens (tertiary/aromatic N) is 1. The number of esters is 1. The maximum absolute atomic E-state index is 11.9. The number of piperazine rings is 1. The predicted molar refractivity (Wildman–Crippen MR) is 62.6 cm³/mol. The van der Waals surface area contributed by atoms with Crippen molar-refractivity contribution in [3.05, 3.63) is 0 Å². The van der Waals surface area contributed by atoms with Crippen molar-refractivity contribution in [3.63, 3.8) is 0 Å². The third-order valence-electron chi connectivity index (χ3n) is 2.38. The minimum atomic E-state index is -3.60. The Hall–Kier alpha value is -0.700. The van der Waals surface area contributed by atoms with E-state index in [0.717, 1.165) is 0 Å². The maximum atomic E-state index is 11.9. The van der Waals surface area contributed by atoms with E-state index in [0.29, 0.717) is 26.2 Å². The first-order valence-corrected chi connectivity index (χ1v) is 7.06. The molecule has 1 unspecified atom stereocenters. The molecule has 0 radical (unpaired) electrons. The number of rotatable bonds is 5. The van der Waals surface area contributed by atoms with Crippen molar-refractivity contribution >= 4 is 16.2 Å². The highest BCUT2D eigenvalue weighted by Gasteiger charge is 2.27. The van der Waals surface area contributed by atoms with E-state index < -0.39 is 22.2 Å². The van der Waals surface area contributed by atoms with Crippen LogP contribution in [0.15, 0.2) is 0 Å². The summed E-state index contributed by atoms with van der Waals surface area (Å²) >= 11 is 0. The molecule has 7 nitrogen and oxygen atoms in total. The first-order chi connectivity index (χ1) is 7.97. The number of nitrogens with one attached hydrogen (secondary N) is 2. The lowest BCUT2D eigenvalue weighted by atomic mass is 10.4. The SMILES string of the molecule is CCOC(=O)C(C)NS(=O)(=O)N1CCNCC1. The van der Waals surface area contributed by atoms with Crippen molar-refractivity contribution in [3.8, 4) is 0 Å². The summed E-state index contributed by atoms with van der Waals surface area (Å²) in [6.07, 6.45) is 0. The molecule has 0 aromatic rings. The van der Waals surface area contributed by atoms with Gasteiger partial charge in [-0.1, -0.05) is 0 Å². The zero-order valence-electron chi connectivity index (χ0n) is 10.1. The molecular formula is C9H19N3O4S. The van der Waals surface area contributed by atoms with Gasteiger partial charge < -0.3 is 10.1 Å². The highest BCUT2D eigenvalue weighted by molar-refractivity contribution is 7.87. The molecule has 1 aliphatic rings. The first kappa shape index (κ1) is 14.4. The Kier molecular flexibility index (Phi) is 5.31. The molecule has 2 N–H and O–H groups in total. The Morgan fingerprint density at radius 2 is 2.06 bits per heavy atom. The minimum Gasteiger partial charge on any atom is -0.465 e. The number of ether oxygens (including phenoxy) is 1. The second-order valence-corrected chi connectivity index (χ2v) is 5.45. The van der Waals surface area contributed by atoms with Gasteiger partial charge in [-0.2, -0.15) is 17.4 Å². The largest absolute Gasteiger partial charge is 0.465 e. The van der Waals surface area contributed by atoms with Gasteiger partial charge in [0.2, 0.25) is 0 Å². The Morgan fingerprint density at radius 3 is 2.59 bits per heavy atom. The van der Waals surface area contributed by atoms with E-state index >= 15 is 0 Å². The summed E-state index contributed by atoms with van der Waals surface area (Å²) in [5.74, 6) is -0.564. The summed E-state index contributed by atoms with van der Waals surface area (Å²) in [5, 5.41) is 3.06. The molecule has 0 aromatic carbocycles. The van der Waals surface area contributed by atoms with Crippen molar-refractivity contribution in [2.75, 3.05) is 32.8 Å². The van der Waals surface area contributed by atoms with Crippen LogP contribution in [0.25, 0.3) is 0 Å². The molecule has 0 aromatic heterocycles. The second kappa shape index (κ2) is 6.29. The standard InChI is InChI=1S/C9H19N3O4S/c1-3-16-9(13)8(2)11-17(14,15)12-6-4-10-5-7-12/h8,10-11H,3-7H2,1-2H3. The molecule has 1 aliphatic heterocycles. The summed E-state index contributed by atoms with van der Waals surface area (Å²) in [6, 6.07) is -0.866. The zero-order valence-corrected chi connectivity index (χ0v) is 10.9. The lowest BCUT2D eigenvalue weighted by Crippen LogP contribution is -2.53. The fourth-order valence-electron chi connectivity index (χ4n) is 1.50. The molecule has 8 heteroatoms. The van der Waals surface area contributed by atoms with E-state index in [1.807, 2.05) is 0 Å². The molecule has 1 atom stereocenters. The first-order valence-electron chi connectivity index (χ1n) is 5.62. The smallest absolute Gasteiger partial charge is 0.323 e. The Balaban J connectivity index is 2.56. The number of carbonyl (C=O) groups is 1. The monoisotopic (exact) mass is 265 g/mol. The fourth-order valence-corrected chi connectivity index (χ4v) is 2.85. The van der Waals surface area contributed by atoms with Crippen molar-refractivity contribution in [1.82, 2.24) is 14.3 Å². The summed E-state index contributed by atoms with van der Waals surface area (Å²) in [6.45, 7) is 5.44. The van der Waals surface area contributed by atoms with Crippen molar-refractivity contribution < 1.29 is 17.9 Å². The Bertz CT molecular complexity index is 351. The van der Waals surface area contributed by atoms with Gasteiger partial charge in [0.05, 0.1) is 6.61 Å². The van der Waals surface area contributed by atoms with Crippen molar-refractivity contribution in [1.29, 1.82) is 0 Å². The molecule has 0 amide bonds. The molecule has 1 fully saturated rings. The second-order valence-electron chi connectivity index (χ2n) is 3.75. The van der Waals surface area contributed by atoms with E-state index in [-0.39, 0.29) is 6.61 Å². The average molecular weight is 265 g/mol.